The Balaban J connectivity index is 1.97. The van der Waals surface area contributed by atoms with Gasteiger partial charge in [0, 0.05) is 31.9 Å². The lowest BCUT2D eigenvalue weighted by Gasteiger charge is -2.13. The quantitative estimate of drug-likeness (QED) is 0.444. The van der Waals surface area contributed by atoms with Crippen LogP contribution in [0.3, 0.4) is 0 Å². The molecule has 1 aromatic rings. The summed E-state index contributed by atoms with van der Waals surface area (Å²) in [7, 11) is 3.97. The van der Waals surface area contributed by atoms with Crippen LogP contribution in [0.4, 0.5) is 5.69 Å². The summed E-state index contributed by atoms with van der Waals surface area (Å²) in [4.78, 5) is 14.2. The molecule has 0 unspecified atom stereocenters. The zero-order valence-electron chi connectivity index (χ0n) is 16.9. The fraction of sp³-hybridized carbons (Fsp3) is 0.682. The smallest absolute Gasteiger partial charge is 0.251 e. The summed E-state index contributed by atoms with van der Waals surface area (Å²) in [5, 5.41) is 3.03. The van der Waals surface area contributed by atoms with Crippen molar-refractivity contribution in [1.82, 2.24) is 5.32 Å². The fourth-order valence-electron chi connectivity index (χ4n) is 3.09. The number of unbranched alkanes of at least 4 members (excludes halogenated alkanes) is 10. The molecule has 0 aliphatic heterocycles. The molecule has 4 heteroatoms. The predicted molar refractivity (Wildman–Crippen MR) is 113 cm³/mol. The molecule has 26 heavy (non-hydrogen) atoms. The summed E-state index contributed by atoms with van der Waals surface area (Å²) in [5.74, 6) is 0.0309. The van der Waals surface area contributed by atoms with Gasteiger partial charge >= 0.3 is 0 Å². The number of hydrogen-bond donors (Lipinski definition) is 2. The summed E-state index contributed by atoms with van der Waals surface area (Å²) >= 11 is 0. The molecule has 0 atom stereocenters. The van der Waals surface area contributed by atoms with Gasteiger partial charge in [0.05, 0.1) is 0 Å². The molecule has 0 aliphatic rings. The van der Waals surface area contributed by atoms with Crippen LogP contribution < -0.4 is 16.0 Å². The Hall–Kier alpha value is -1.55. The first kappa shape index (κ1) is 22.5. The van der Waals surface area contributed by atoms with E-state index >= 15 is 0 Å². The summed E-state index contributed by atoms with van der Waals surface area (Å²) in [6.45, 7) is 1.61. The second-order valence-electron chi connectivity index (χ2n) is 7.38. The van der Waals surface area contributed by atoms with Crippen molar-refractivity contribution in [2.24, 2.45) is 5.73 Å². The number of carbonyl (C=O) groups excluding carboxylic acids is 1. The molecule has 0 fully saturated rings. The van der Waals surface area contributed by atoms with Gasteiger partial charge in [-0.2, -0.15) is 0 Å². The highest BCUT2D eigenvalue weighted by molar-refractivity contribution is 5.95. The van der Waals surface area contributed by atoms with E-state index in [1.54, 1.807) is 0 Å². The molecule has 3 N–H and O–H groups in total. The molecule has 4 nitrogen and oxygen atoms in total. The average Bonchev–Trinajstić information content (AvgIpc) is 2.65. The molecule has 0 saturated carbocycles. The van der Waals surface area contributed by atoms with Gasteiger partial charge in [-0.15, -0.1) is 0 Å². The summed E-state index contributed by atoms with van der Waals surface area (Å²) < 4.78 is 0. The molecule has 0 radical (unpaired) electrons. The van der Waals surface area contributed by atoms with E-state index in [2.05, 4.69) is 5.32 Å². The summed E-state index contributed by atoms with van der Waals surface area (Å²) in [5.41, 5.74) is 7.29. The van der Waals surface area contributed by atoms with Crippen LogP contribution in [0, 0.1) is 0 Å². The largest absolute Gasteiger partial charge is 0.378 e. The van der Waals surface area contributed by atoms with Crippen molar-refractivity contribution in [2.45, 2.75) is 70.6 Å². The maximum absolute atomic E-state index is 12.2. The van der Waals surface area contributed by atoms with E-state index in [-0.39, 0.29) is 5.91 Å². The van der Waals surface area contributed by atoms with Crippen LogP contribution in [-0.2, 0) is 0 Å². The molecule has 1 rings (SSSR count). The number of rotatable bonds is 15. The van der Waals surface area contributed by atoms with Gasteiger partial charge in [0.25, 0.3) is 5.91 Å². The van der Waals surface area contributed by atoms with Gasteiger partial charge in [-0.05, 0) is 37.6 Å². The van der Waals surface area contributed by atoms with Gasteiger partial charge in [-0.3, -0.25) is 4.79 Å². The van der Waals surface area contributed by atoms with Crippen LogP contribution >= 0.6 is 0 Å². The first-order valence-electron chi connectivity index (χ1n) is 10.4. The van der Waals surface area contributed by atoms with Gasteiger partial charge in [0.2, 0.25) is 0 Å². The van der Waals surface area contributed by atoms with Crippen LogP contribution in [0.2, 0.25) is 0 Å². The lowest BCUT2D eigenvalue weighted by atomic mass is 10.1. The topological polar surface area (TPSA) is 58.4 Å². The molecule has 1 aromatic carbocycles. The number of benzene rings is 1. The van der Waals surface area contributed by atoms with E-state index < -0.39 is 0 Å². The van der Waals surface area contributed by atoms with Gasteiger partial charge in [0.15, 0.2) is 0 Å². The number of hydrogen-bond acceptors (Lipinski definition) is 3. The van der Waals surface area contributed by atoms with Crippen molar-refractivity contribution in [3.05, 3.63) is 29.8 Å². The number of amides is 1. The van der Waals surface area contributed by atoms with Gasteiger partial charge in [-0.1, -0.05) is 63.9 Å². The Labute approximate surface area is 160 Å². The minimum absolute atomic E-state index is 0.0309. The van der Waals surface area contributed by atoms with Gasteiger partial charge in [0.1, 0.15) is 0 Å². The van der Waals surface area contributed by atoms with E-state index in [4.69, 9.17) is 5.73 Å². The molecule has 0 spiro atoms. The third-order valence-electron chi connectivity index (χ3n) is 4.79. The van der Waals surface area contributed by atoms with Crippen molar-refractivity contribution in [3.63, 3.8) is 0 Å². The Morgan fingerprint density at radius 3 is 1.96 bits per heavy atom. The predicted octanol–water partition coefficient (Wildman–Crippen LogP) is 4.73. The monoisotopic (exact) mass is 361 g/mol. The number of nitrogens with two attached hydrogens (primary N) is 1. The van der Waals surface area contributed by atoms with Gasteiger partial charge < -0.3 is 16.0 Å². The molecule has 0 aromatic heterocycles. The zero-order chi connectivity index (χ0) is 19.0. The number of carbonyl (C=O) groups is 1. The third kappa shape index (κ3) is 10.4. The van der Waals surface area contributed by atoms with Crippen LogP contribution in [0.25, 0.3) is 0 Å². The molecule has 1 amide bonds. The van der Waals surface area contributed by atoms with Crippen molar-refractivity contribution in [3.8, 4) is 0 Å². The highest BCUT2D eigenvalue weighted by atomic mass is 16.1. The second-order valence-corrected chi connectivity index (χ2v) is 7.38. The third-order valence-corrected chi connectivity index (χ3v) is 4.79. The number of anilines is 1. The number of nitrogens with zero attached hydrogens (tertiary/aromatic N) is 1. The SMILES string of the molecule is CN(C)c1cccc(C(=O)NCCCCCCCCCCCCCN)c1. The lowest BCUT2D eigenvalue weighted by molar-refractivity contribution is 0.0953. The Kier molecular flexibility index (Phi) is 12.6. The van der Waals surface area contributed by atoms with Crippen LogP contribution in [-0.4, -0.2) is 33.1 Å². The van der Waals surface area contributed by atoms with Gasteiger partial charge in [-0.25, -0.2) is 0 Å². The molecule has 0 bridgehead atoms. The fourth-order valence-corrected chi connectivity index (χ4v) is 3.09. The summed E-state index contributed by atoms with van der Waals surface area (Å²) in [6, 6.07) is 7.75. The van der Waals surface area contributed by atoms with Crippen LogP contribution in [0.5, 0.6) is 0 Å². The Morgan fingerprint density at radius 1 is 0.885 bits per heavy atom. The molecular weight excluding hydrogens is 322 g/mol. The van der Waals surface area contributed by atoms with Crippen molar-refractivity contribution >= 4 is 11.6 Å². The highest BCUT2D eigenvalue weighted by Gasteiger charge is 2.06. The van der Waals surface area contributed by atoms with E-state index in [1.807, 2.05) is 43.3 Å². The maximum atomic E-state index is 12.2. The minimum atomic E-state index is 0.0309. The highest BCUT2D eigenvalue weighted by Crippen LogP contribution is 2.13. The molecule has 0 saturated heterocycles. The Morgan fingerprint density at radius 2 is 1.42 bits per heavy atom. The Bertz CT molecular complexity index is 488. The van der Waals surface area contributed by atoms with Crippen molar-refractivity contribution < 1.29 is 4.79 Å². The average molecular weight is 362 g/mol. The standard InChI is InChI=1S/C22H39N3O/c1-25(2)21-16-14-15-20(19-21)22(26)24-18-13-11-9-7-5-3-4-6-8-10-12-17-23/h14-16,19H,3-13,17-18,23H2,1-2H3,(H,24,26). The van der Waals surface area contributed by atoms with E-state index in [0.717, 1.165) is 30.8 Å². The first-order valence-corrected chi connectivity index (χ1v) is 10.4. The number of nitrogens with one attached hydrogen (secondary N) is 1. The van der Waals surface area contributed by atoms with Crippen molar-refractivity contribution in [1.29, 1.82) is 0 Å². The summed E-state index contributed by atoms with van der Waals surface area (Å²) in [6.07, 6.45) is 14.1. The molecule has 0 heterocycles. The molecular formula is C22H39N3O. The van der Waals surface area contributed by atoms with E-state index in [0.29, 0.717) is 0 Å². The van der Waals surface area contributed by atoms with Crippen molar-refractivity contribution in [2.75, 3.05) is 32.1 Å². The lowest BCUT2D eigenvalue weighted by Crippen LogP contribution is -2.24. The normalized spacial score (nSPS) is 10.7. The molecule has 148 valence electrons. The maximum Gasteiger partial charge on any atom is 0.251 e. The minimum Gasteiger partial charge on any atom is -0.378 e. The molecule has 0 aliphatic carbocycles. The van der Waals surface area contributed by atoms with E-state index in [9.17, 15) is 4.79 Å². The first-order chi connectivity index (χ1) is 12.6. The van der Waals surface area contributed by atoms with E-state index in [1.165, 1.54) is 64.2 Å². The van der Waals surface area contributed by atoms with Crippen LogP contribution in [0.1, 0.15) is 81.0 Å². The zero-order valence-corrected chi connectivity index (χ0v) is 16.9. The second kappa shape index (κ2) is 14.6. The van der Waals surface area contributed by atoms with Crippen LogP contribution in [0.15, 0.2) is 24.3 Å².